The first-order valence-corrected chi connectivity index (χ1v) is 8.76. The van der Waals surface area contributed by atoms with Crippen LogP contribution in [0.25, 0.3) is 22.5 Å². The van der Waals surface area contributed by atoms with Crippen LogP contribution in [0.15, 0.2) is 66.9 Å². The number of hydrogen-bond donors (Lipinski definition) is 2. The summed E-state index contributed by atoms with van der Waals surface area (Å²) in [5.41, 5.74) is 3.44. The third kappa shape index (κ3) is 4.52. The highest BCUT2D eigenvalue weighted by molar-refractivity contribution is 5.67. The molecule has 0 saturated carbocycles. The molecule has 9 heteroatoms. The third-order valence-electron chi connectivity index (χ3n) is 4.08. The fourth-order valence-corrected chi connectivity index (χ4v) is 2.77. The van der Waals surface area contributed by atoms with Crippen LogP contribution >= 0.6 is 0 Å². The smallest absolute Gasteiger partial charge is 0.387 e. The molecule has 0 spiro atoms. The highest BCUT2D eigenvalue weighted by atomic mass is 19.3. The van der Waals surface area contributed by atoms with E-state index in [2.05, 4.69) is 35.4 Å². The first kappa shape index (κ1) is 18.5. The van der Waals surface area contributed by atoms with E-state index in [1.165, 1.54) is 12.3 Å². The molecular formula is C20H16F2N6O. The van der Waals surface area contributed by atoms with Crippen molar-refractivity contribution >= 4 is 5.95 Å². The third-order valence-corrected chi connectivity index (χ3v) is 4.08. The van der Waals surface area contributed by atoms with E-state index in [9.17, 15) is 8.78 Å². The second-order valence-corrected chi connectivity index (χ2v) is 6.04. The summed E-state index contributed by atoms with van der Waals surface area (Å²) in [5.74, 6) is 0.278. The molecule has 4 aromatic rings. The van der Waals surface area contributed by atoms with Crippen LogP contribution in [0.1, 0.15) is 5.69 Å². The Kier molecular flexibility index (Phi) is 5.37. The first-order chi connectivity index (χ1) is 14.2. The summed E-state index contributed by atoms with van der Waals surface area (Å²) in [6.07, 6.45) is 1.39. The van der Waals surface area contributed by atoms with Crippen molar-refractivity contribution in [1.29, 1.82) is 0 Å². The molecule has 0 unspecified atom stereocenters. The average molecular weight is 394 g/mol. The number of ether oxygens (including phenoxy) is 1. The van der Waals surface area contributed by atoms with Gasteiger partial charge in [0.25, 0.3) is 0 Å². The Balaban J connectivity index is 1.49. The zero-order valence-electron chi connectivity index (χ0n) is 15.1. The van der Waals surface area contributed by atoms with Crippen LogP contribution in [0.4, 0.5) is 14.7 Å². The molecule has 0 radical (unpaired) electrons. The van der Waals surface area contributed by atoms with Gasteiger partial charge in [-0.1, -0.05) is 42.5 Å². The topological polar surface area (TPSA) is 88.6 Å². The van der Waals surface area contributed by atoms with Gasteiger partial charge in [0.2, 0.25) is 5.95 Å². The summed E-state index contributed by atoms with van der Waals surface area (Å²) in [5, 5.41) is 18.1. The predicted molar refractivity (Wildman–Crippen MR) is 103 cm³/mol. The number of H-pyrrole nitrogens is 1. The standard InChI is InChI=1S/C20H16F2N6O/c21-19(22)29-18-9-5-4-8-15(18)17-12-24-28-20(25-17)23-11-14-10-16(27-26-14)13-6-2-1-3-7-13/h1-10,12,19H,11H2,(H,26,27)(H,23,25,28). The van der Waals surface area contributed by atoms with E-state index in [4.69, 9.17) is 0 Å². The number of anilines is 1. The van der Waals surface area contributed by atoms with E-state index < -0.39 is 6.61 Å². The lowest BCUT2D eigenvalue weighted by molar-refractivity contribution is -0.0494. The number of aromatic amines is 1. The molecule has 2 N–H and O–H groups in total. The van der Waals surface area contributed by atoms with Crippen LogP contribution in [0.2, 0.25) is 0 Å². The number of hydrogen-bond acceptors (Lipinski definition) is 6. The lowest BCUT2D eigenvalue weighted by Gasteiger charge is -2.10. The molecule has 0 fully saturated rings. The normalized spacial score (nSPS) is 10.9. The Morgan fingerprint density at radius 3 is 2.62 bits per heavy atom. The van der Waals surface area contributed by atoms with Gasteiger partial charge in [0, 0.05) is 11.1 Å². The van der Waals surface area contributed by atoms with Crippen LogP contribution in [0, 0.1) is 0 Å². The van der Waals surface area contributed by atoms with E-state index in [1.807, 2.05) is 36.4 Å². The van der Waals surface area contributed by atoms with Gasteiger partial charge in [0.1, 0.15) is 5.75 Å². The number of aromatic nitrogens is 5. The van der Waals surface area contributed by atoms with E-state index in [0.717, 1.165) is 17.0 Å². The van der Waals surface area contributed by atoms with Crippen molar-refractivity contribution < 1.29 is 13.5 Å². The lowest BCUT2D eigenvalue weighted by atomic mass is 10.1. The minimum absolute atomic E-state index is 0.0232. The highest BCUT2D eigenvalue weighted by Crippen LogP contribution is 2.29. The van der Waals surface area contributed by atoms with Crippen molar-refractivity contribution in [1.82, 2.24) is 25.4 Å². The van der Waals surface area contributed by atoms with Gasteiger partial charge in [-0.15, -0.1) is 5.10 Å². The zero-order valence-corrected chi connectivity index (χ0v) is 15.1. The SMILES string of the molecule is FC(F)Oc1ccccc1-c1cnnc(NCc2cc(-c3ccccc3)n[nH]2)n1. The van der Waals surface area contributed by atoms with Crippen molar-refractivity contribution in [3.8, 4) is 28.3 Å². The lowest BCUT2D eigenvalue weighted by Crippen LogP contribution is -2.07. The molecule has 4 rings (SSSR count). The summed E-state index contributed by atoms with van der Waals surface area (Å²) in [6.45, 7) is -2.54. The van der Waals surface area contributed by atoms with Crippen molar-refractivity contribution in [3.05, 3.63) is 72.6 Å². The Bertz CT molecular complexity index is 1090. The van der Waals surface area contributed by atoms with Crippen LogP contribution in [-0.4, -0.2) is 32.0 Å². The molecule has 0 bridgehead atoms. The van der Waals surface area contributed by atoms with Crippen LogP contribution in [0.5, 0.6) is 5.75 Å². The Morgan fingerprint density at radius 1 is 1.00 bits per heavy atom. The molecule has 2 aromatic carbocycles. The number of rotatable bonds is 7. The molecule has 0 aliphatic heterocycles. The molecule has 7 nitrogen and oxygen atoms in total. The summed E-state index contributed by atoms with van der Waals surface area (Å²) >= 11 is 0. The average Bonchev–Trinajstić information content (AvgIpc) is 3.22. The maximum Gasteiger partial charge on any atom is 0.387 e. The van der Waals surface area contributed by atoms with Crippen LogP contribution in [0.3, 0.4) is 0 Å². The minimum atomic E-state index is -2.93. The Morgan fingerprint density at radius 2 is 1.79 bits per heavy atom. The van der Waals surface area contributed by atoms with E-state index >= 15 is 0 Å². The highest BCUT2D eigenvalue weighted by Gasteiger charge is 2.13. The second-order valence-electron chi connectivity index (χ2n) is 6.04. The van der Waals surface area contributed by atoms with Crippen molar-refractivity contribution in [2.24, 2.45) is 0 Å². The van der Waals surface area contributed by atoms with Gasteiger partial charge in [-0.05, 0) is 18.2 Å². The number of alkyl halides is 2. The molecule has 2 aromatic heterocycles. The summed E-state index contributed by atoms with van der Waals surface area (Å²) < 4.78 is 29.8. The zero-order chi connectivity index (χ0) is 20.1. The maximum atomic E-state index is 12.6. The molecule has 146 valence electrons. The van der Waals surface area contributed by atoms with E-state index in [1.54, 1.807) is 18.2 Å². The molecule has 0 atom stereocenters. The van der Waals surface area contributed by atoms with Gasteiger partial charge in [0.15, 0.2) is 0 Å². The second kappa shape index (κ2) is 8.42. The van der Waals surface area contributed by atoms with E-state index in [0.29, 0.717) is 17.8 Å². The largest absolute Gasteiger partial charge is 0.434 e. The van der Waals surface area contributed by atoms with E-state index in [-0.39, 0.29) is 11.7 Å². The van der Waals surface area contributed by atoms with Gasteiger partial charge < -0.3 is 10.1 Å². The van der Waals surface area contributed by atoms with Crippen molar-refractivity contribution in [2.75, 3.05) is 5.32 Å². The number of benzene rings is 2. The number of para-hydroxylation sites is 1. The number of nitrogens with one attached hydrogen (secondary N) is 2. The van der Waals surface area contributed by atoms with Gasteiger partial charge in [-0.3, -0.25) is 5.10 Å². The minimum Gasteiger partial charge on any atom is -0.434 e. The summed E-state index contributed by atoms with van der Waals surface area (Å²) in [4.78, 5) is 4.35. The van der Waals surface area contributed by atoms with Crippen LogP contribution < -0.4 is 10.1 Å². The number of nitrogens with zero attached hydrogens (tertiary/aromatic N) is 4. The predicted octanol–water partition coefficient (Wildman–Crippen LogP) is 4.14. The molecule has 29 heavy (non-hydrogen) atoms. The molecule has 0 amide bonds. The van der Waals surface area contributed by atoms with Gasteiger partial charge >= 0.3 is 6.61 Å². The Hall–Kier alpha value is -3.88. The first-order valence-electron chi connectivity index (χ1n) is 8.76. The molecular weight excluding hydrogens is 378 g/mol. The summed E-state index contributed by atoms with van der Waals surface area (Å²) in [6, 6.07) is 18.1. The molecule has 0 aliphatic rings. The van der Waals surface area contributed by atoms with Crippen LogP contribution in [-0.2, 0) is 6.54 Å². The van der Waals surface area contributed by atoms with Gasteiger partial charge in [-0.25, -0.2) is 4.98 Å². The maximum absolute atomic E-state index is 12.6. The Labute approximate surface area is 164 Å². The van der Waals surface area contributed by atoms with Crippen molar-refractivity contribution in [3.63, 3.8) is 0 Å². The molecule has 0 saturated heterocycles. The molecule has 0 aliphatic carbocycles. The van der Waals surface area contributed by atoms with Gasteiger partial charge in [-0.2, -0.15) is 19.0 Å². The summed E-state index contributed by atoms with van der Waals surface area (Å²) in [7, 11) is 0. The van der Waals surface area contributed by atoms with Gasteiger partial charge in [0.05, 0.1) is 29.8 Å². The number of halogens is 2. The monoisotopic (exact) mass is 394 g/mol. The fraction of sp³-hybridized carbons (Fsp3) is 0.100. The molecule has 2 heterocycles. The quantitative estimate of drug-likeness (QED) is 0.490. The fourth-order valence-electron chi connectivity index (χ4n) is 2.77. The van der Waals surface area contributed by atoms with Crippen molar-refractivity contribution in [2.45, 2.75) is 13.2 Å².